The van der Waals surface area contributed by atoms with Gasteiger partial charge in [0.2, 0.25) is 0 Å². The van der Waals surface area contributed by atoms with Crippen LogP contribution in [0.1, 0.15) is 38.5 Å². The fourth-order valence-electron chi connectivity index (χ4n) is 1.00. The molecule has 0 aliphatic rings. The largest absolute Gasteiger partial charge is 0.247 e. The quantitative estimate of drug-likeness (QED) is 0.272. The van der Waals surface area contributed by atoms with Gasteiger partial charge in [-0.15, -0.1) is 13.2 Å². The summed E-state index contributed by atoms with van der Waals surface area (Å²) < 4.78 is 5.38. The van der Waals surface area contributed by atoms with Gasteiger partial charge in [0.25, 0.3) is 0 Å². The molecule has 0 aromatic heterocycles. The first-order valence-corrected chi connectivity index (χ1v) is 7.37. The second-order valence-corrected chi connectivity index (χ2v) is 5.11. The number of allylic oxidation sites excluding steroid dienone is 2. The van der Waals surface area contributed by atoms with Gasteiger partial charge in [0.1, 0.15) is 0 Å². The van der Waals surface area contributed by atoms with E-state index in [-0.39, 0.29) is 0 Å². The van der Waals surface area contributed by atoms with Crippen LogP contribution in [0.2, 0.25) is 0 Å². The second kappa shape index (κ2) is 14.1. The molecule has 0 radical (unpaired) electrons. The highest BCUT2D eigenvalue weighted by Crippen LogP contribution is 2.18. The van der Waals surface area contributed by atoms with E-state index in [4.69, 9.17) is 3.63 Å². The molecule has 0 rings (SSSR count). The van der Waals surface area contributed by atoms with Gasteiger partial charge in [0.15, 0.2) is 0 Å². The van der Waals surface area contributed by atoms with Crippen molar-refractivity contribution in [1.82, 2.24) is 0 Å². The topological polar surface area (TPSA) is 9.23 Å². The summed E-state index contributed by atoms with van der Waals surface area (Å²) in [4.78, 5) is 0. The van der Waals surface area contributed by atoms with Crippen molar-refractivity contribution in [1.29, 1.82) is 0 Å². The Morgan fingerprint density at radius 2 is 1.27 bits per heavy atom. The lowest BCUT2D eigenvalue weighted by atomic mass is 10.2. The summed E-state index contributed by atoms with van der Waals surface area (Å²) in [5, 5.41) is 0. The number of rotatable bonds is 12. The fourth-order valence-corrected chi connectivity index (χ4v) is 2.46. The molecular formula is C12H22OS2. The minimum Gasteiger partial charge on any atom is -0.247 e. The molecule has 0 saturated heterocycles. The van der Waals surface area contributed by atoms with Crippen LogP contribution >= 0.6 is 24.1 Å². The highest BCUT2D eigenvalue weighted by molar-refractivity contribution is 8.07. The summed E-state index contributed by atoms with van der Waals surface area (Å²) in [7, 11) is 0. The molecule has 15 heavy (non-hydrogen) atoms. The molecule has 0 aliphatic carbocycles. The van der Waals surface area contributed by atoms with Crippen molar-refractivity contribution < 1.29 is 3.63 Å². The molecule has 0 bridgehead atoms. The molecular weight excluding hydrogens is 224 g/mol. The predicted molar refractivity (Wildman–Crippen MR) is 74.1 cm³/mol. The molecule has 0 amide bonds. The Balaban J connectivity index is 2.86. The normalized spacial score (nSPS) is 10.1. The summed E-state index contributed by atoms with van der Waals surface area (Å²) in [6.45, 7) is 7.39. The molecule has 3 heteroatoms. The fraction of sp³-hybridized carbons (Fsp3) is 0.667. The Kier molecular flexibility index (Phi) is 14.3. The Morgan fingerprint density at radius 1 is 0.800 bits per heavy atom. The SMILES string of the molecule is C=CCCCCSOSCCCCC=C. The summed E-state index contributed by atoms with van der Waals surface area (Å²) in [6, 6.07) is 0. The highest BCUT2D eigenvalue weighted by atomic mass is 32.2. The predicted octanol–water partition coefficient (Wildman–Crippen LogP) is 5.01. The van der Waals surface area contributed by atoms with Crippen molar-refractivity contribution in [2.24, 2.45) is 0 Å². The first-order chi connectivity index (χ1) is 7.41. The molecule has 0 unspecified atom stereocenters. The van der Waals surface area contributed by atoms with E-state index in [2.05, 4.69) is 13.2 Å². The number of hydrogen-bond acceptors (Lipinski definition) is 3. The van der Waals surface area contributed by atoms with Crippen LogP contribution < -0.4 is 0 Å². The standard InChI is InChI=1S/C12H22OS2/c1-3-5-7-9-11-14-13-15-12-10-8-6-4-2/h3-4H,1-2,5-12H2. The minimum absolute atomic E-state index is 1.09. The van der Waals surface area contributed by atoms with E-state index < -0.39 is 0 Å². The van der Waals surface area contributed by atoms with Crippen molar-refractivity contribution in [3.8, 4) is 0 Å². The zero-order valence-corrected chi connectivity index (χ0v) is 11.1. The van der Waals surface area contributed by atoms with E-state index in [1.165, 1.54) is 25.7 Å². The smallest absolute Gasteiger partial charge is 0.0210 e. The summed E-state index contributed by atoms with van der Waals surface area (Å²) in [5.74, 6) is 2.18. The number of hydrogen-bond donors (Lipinski definition) is 0. The Hall–Kier alpha value is 0.140. The maximum Gasteiger partial charge on any atom is 0.0210 e. The van der Waals surface area contributed by atoms with Gasteiger partial charge in [-0.1, -0.05) is 12.2 Å². The van der Waals surface area contributed by atoms with E-state index in [9.17, 15) is 0 Å². The lowest BCUT2D eigenvalue weighted by Crippen LogP contribution is -1.82. The third-order valence-corrected chi connectivity index (χ3v) is 3.55. The van der Waals surface area contributed by atoms with Crippen LogP contribution in [0.5, 0.6) is 0 Å². The van der Waals surface area contributed by atoms with E-state index in [0.29, 0.717) is 0 Å². The summed E-state index contributed by atoms with van der Waals surface area (Å²) >= 11 is 3.15. The van der Waals surface area contributed by atoms with Crippen molar-refractivity contribution >= 4 is 24.1 Å². The monoisotopic (exact) mass is 246 g/mol. The van der Waals surface area contributed by atoms with Gasteiger partial charge in [0.05, 0.1) is 0 Å². The summed E-state index contributed by atoms with van der Waals surface area (Å²) in [6.07, 6.45) is 11.1. The molecule has 0 heterocycles. The van der Waals surface area contributed by atoms with Gasteiger partial charge in [0, 0.05) is 35.6 Å². The van der Waals surface area contributed by atoms with Gasteiger partial charge in [-0.25, -0.2) is 3.63 Å². The molecule has 0 fully saturated rings. The van der Waals surface area contributed by atoms with Crippen molar-refractivity contribution in [2.75, 3.05) is 11.5 Å². The van der Waals surface area contributed by atoms with E-state index in [0.717, 1.165) is 24.3 Å². The van der Waals surface area contributed by atoms with Crippen LogP contribution in [0.3, 0.4) is 0 Å². The molecule has 88 valence electrons. The van der Waals surface area contributed by atoms with Gasteiger partial charge in [-0.3, -0.25) is 0 Å². The maximum atomic E-state index is 5.38. The zero-order valence-electron chi connectivity index (χ0n) is 9.45. The van der Waals surface area contributed by atoms with E-state index >= 15 is 0 Å². The van der Waals surface area contributed by atoms with Crippen LogP contribution in [0.4, 0.5) is 0 Å². The van der Waals surface area contributed by atoms with Crippen molar-refractivity contribution in [3.05, 3.63) is 25.3 Å². The molecule has 0 aromatic carbocycles. The van der Waals surface area contributed by atoms with E-state index in [1.54, 1.807) is 24.1 Å². The average Bonchev–Trinajstić information content (AvgIpc) is 2.26. The van der Waals surface area contributed by atoms with Crippen LogP contribution in [0.15, 0.2) is 25.3 Å². The van der Waals surface area contributed by atoms with Crippen LogP contribution in [-0.4, -0.2) is 11.5 Å². The Bertz CT molecular complexity index is 133. The van der Waals surface area contributed by atoms with Gasteiger partial charge >= 0.3 is 0 Å². The van der Waals surface area contributed by atoms with Gasteiger partial charge in [-0.05, 0) is 38.5 Å². The van der Waals surface area contributed by atoms with Crippen molar-refractivity contribution in [3.63, 3.8) is 0 Å². The van der Waals surface area contributed by atoms with Gasteiger partial charge in [-0.2, -0.15) is 0 Å². The average molecular weight is 246 g/mol. The second-order valence-electron chi connectivity index (χ2n) is 3.28. The van der Waals surface area contributed by atoms with Crippen molar-refractivity contribution in [2.45, 2.75) is 38.5 Å². The van der Waals surface area contributed by atoms with Crippen LogP contribution in [0, 0.1) is 0 Å². The molecule has 0 aromatic rings. The zero-order chi connectivity index (χ0) is 11.2. The Labute approximate surface area is 103 Å². The molecule has 0 spiro atoms. The third kappa shape index (κ3) is 14.1. The minimum atomic E-state index is 1.09. The van der Waals surface area contributed by atoms with Crippen LogP contribution in [0.25, 0.3) is 0 Å². The lowest BCUT2D eigenvalue weighted by Gasteiger charge is -2.00. The number of unbranched alkanes of at least 4 members (excludes halogenated alkanes) is 4. The molecule has 1 nitrogen and oxygen atoms in total. The van der Waals surface area contributed by atoms with Gasteiger partial charge < -0.3 is 0 Å². The Morgan fingerprint density at radius 3 is 1.67 bits per heavy atom. The van der Waals surface area contributed by atoms with Crippen LogP contribution in [-0.2, 0) is 3.63 Å². The molecule has 0 saturated carbocycles. The van der Waals surface area contributed by atoms with E-state index in [1.807, 2.05) is 12.2 Å². The maximum absolute atomic E-state index is 5.38. The molecule has 0 N–H and O–H groups in total. The first kappa shape index (κ1) is 15.1. The lowest BCUT2D eigenvalue weighted by molar-refractivity contribution is 0.730. The molecule has 0 atom stereocenters. The highest BCUT2D eigenvalue weighted by Gasteiger charge is 1.92. The molecule has 0 aliphatic heterocycles. The summed E-state index contributed by atoms with van der Waals surface area (Å²) in [5.41, 5.74) is 0. The first-order valence-electron chi connectivity index (χ1n) is 5.54. The third-order valence-electron chi connectivity index (χ3n) is 1.87.